The largest absolute Gasteiger partial charge is 0.489 e. The highest BCUT2D eigenvalue weighted by molar-refractivity contribution is 5.68. The summed E-state index contributed by atoms with van der Waals surface area (Å²) in [7, 11) is 0. The lowest BCUT2D eigenvalue weighted by Crippen LogP contribution is -2.37. The number of hydrogen-bond donors (Lipinski definition) is 2. The zero-order chi connectivity index (χ0) is 22.3. The van der Waals surface area contributed by atoms with Crippen molar-refractivity contribution in [1.29, 1.82) is 0 Å². The van der Waals surface area contributed by atoms with E-state index in [-0.39, 0.29) is 19.3 Å². The van der Waals surface area contributed by atoms with E-state index in [2.05, 4.69) is 10.3 Å². The van der Waals surface area contributed by atoms with Crippen LogP contribution in [0.1, 0.15) is 37.9 Å². The van der Waals surface area contributed by atoms with E-state index >= 15 is 0 Å². The quantitative estimate of drug-likeness (QED) is 0.569. The molecular weight excluding hydrogens is 392 g/mol. The number of pyridine rings is 1. The first-order valence-electron chi connectivity index (χ1n) is 10.2. The molecule has 3 aromatic rings. The van der Waals surface area contributed by atoms with Crippen molar-refractivity contribution in [2.45, 2.75) is 39.0 Å². The van der Waals surface area contributed by atoms with Gasteiger partial charge in [-0.1, -0.05) is 54.6 Å². The molecule has 0 aliphatic carbocycles. The van der Waals surface area contributed by atoms with E-state index in [0.717, 1.165) is 22.3 Å². The highest BCUT2D eigenvalue weighted by Gasteiger charge is 2.21. The van der Waals surface area contributed by atoms with Gasteiger partial charge in [-0.2, -0.15) is 0 Å². The summed E-state index contributed by atoms with van der Waals surface area (Å²) in [5.41, 5.74) is 3.05. The molecule has 0 aliphatic heterocycles. The molecule has 0 spiro atoms. The Kier molecular flexibility index (Phi) is 7.26. The van der Waals surface area contributed by atoms with Crippen LogP contribution >= 0.6 is 0 Å². The zero-order valence-electron chi connectivity index (χ0n) is 18.0. The molecule has 1 amide bonds. The monoisotopic (exact) mass is 420 g/mol. The van der Waals surface area contributed by atoms with Crippen molar-refractivity contribution in [1.82, 2.24) is 10.3 Å². The van der Waals surface area contributed by atoms with Gasteiger partial charge in [0.25, 0.3) is 0 Å². The SMILES string of the molecule is CC(C)(C)OC(=O)NC(COc1cncc(-c2ccc(CO)cc2)c1)c1ccccc1. The van der Waals surface area contributed by atoms with Crippen LogP contribution in [0.4, 0.5) is 4.79 Å². The lowest BCUT2D eigenvalue weighted by atomic mass is 10.1. The molecule has 2 aromatic carbocycles. The van der Waals surface area contributed by atoms with Gasteiger partial charge in [-0.05, 0) is 43.5 Å². The van der Waals surface area contributed by atoms with Crippen molar-refractivity contribution in [2.75, 3.05) is 6.61 Å². The second-order valence-corrected chi connectivity index (χ2v) is 8.18. The molecule has 0 saturated heterocycles. The van der Waals surface area contributed by atoms with Crippen molar-refractivity contribution in [3.63, 3.8) is 0 Å². The number of carbonyl (C=O) groups excluding carboxylic acids is 1. The summed E-state index contributed by atoms with van der Waals surface area (Å²) in [5, 5.41) is 12.1. The van der Waals surface area contributed by atoms with E-state index in [1.807, 2.05) is 81.4 Å². The van der Waals surface area contributed by atoms with Crippen LogP contribution in [-0.2, 0) is 11.3 Å². The van der Waals surface area contributed by atoms with Gasteiger partial charge in [0.15, 0.2) is 0 Å². The lowest BCUT2D eigenvalue weighted by Gasteiger charge is -2.24. The first kappa shape index (κ1) is 22.3. The maximum absolute atomic E-state index is 12.3. The van der Waals surface area contributed by atoms with Crippen molar-refractivity contribution < 1.29 is 19.4 Å². The number of alkyl carbamates (subject to hydrolysis) is 1. The molecule has 1 heterocycles. The molecule has 0 bridgehead atoms. The van der Waals surface area contributed by atoms with Gasteiger partial charge in [0, 0.05) is 11.8 Å². The van der Waals surface area contributed by atoms with Crippen LogP contribution in [0.15, 0.2) is 73.1 Å². The average molecular weight is 421 g/mol. The Balaban J connectivity index is 1.72. The van der Waals surface area contributed by atoms with Crippen LogP contribution < -0.4 is 10.1 Å². The highest BCUT2D eigenvalue weighted by atomic mass is 16.6. The summed E-state index contributed by atoms with van der Waals surface area (Å²) >= 11 is 0. The fourth-order valence-corrected chi connectivity index (χ4v) is 2.99. The number of aliphatic hydroxyl groups is 1. The molecular formula is C25H28N2O4. The molecule has 0 fully saturated rings. The van der Waals surface area contributed by atoms with Gasteiger partial charge < -0.3 is 19.9 Å². The number of amides is 1. The first-order valence-corrected chi connectivity index (χ1v) is 10.2. The van der Waals surface area contributed by atoms with Gasteiger partial charge in [-0.25, -0.2) is 4.79 Å². The standard InChI is InChI=1S/C25H28N2O4/c1-25(2,3)31-24(29)27-23(20-7-5-4-6-8-20)17-30-22-13-21(14-26-15-22)19-11-9-18(16-28)10-12-19/h4-15,23,28H,16-17H2,1-3H3,(H,27,29). The van der Waals surface area contributed by atoms with Crippen molar-refractivity contribution >= 4 is 6.09 Å². The number of benzene rings is 2. The number of nitrogens with one attached hydrogen (secondary N) is 1. The van der Waals surface area contributed by atoms with Gasteiger partial charge in [-0.15, -0.1) is 0 Å². The molecule has 0 radical (unpaired) electrons. The van der Waals surface area contributed by atoms with Crippen LogP contribution in [0.5, 0.6) is 5.75 Å². The van der Waals surface area contributed by atoms with E-state index in [1.165, 1.54) is 0 Å². The number of hydrogen-bond acceptors (Lipinski definition) is 5. The summed E-state index contributed by atoms with van der Waals surface area (Å²) in [5.74, 6) is 0.593. The molecule has 1 aromatic heterocycles. The molecule has 0 saturated carbocycles. The summed E-state index contributed by atoms with van der Waals surface area (Å²) in [6.45, 7) is 5.70. The third-order valence-corrected chi connectivity index (χ3v) is 4.49. The van der Waals surface area contributed by atoms with Crippen molar-refractivity contribution in [3.8, 4) is 16.9 Å². The number of carbonyl (C=O) groups is 1. The maximum atomic E-state index is 12.3. The predicted octanol–water partition coefficient (Wildman–Crippen LogP) is 4.89. The molecule has 3 rings (SSSR count). The van der Waals surface area contributed by atoms with Crippen LogP contribution in [0.2, 0.25) is 0 Å². The third kappa shape index (κ3) is 6.83. The van der Waals surface area contributed by atoms with Crippen LogP contribution in [-0.4, -0.2) is 28.4 Å². The van der Waals surface area contributed by atoms with Crippen LogP contribution in [0.25, 0.3) is 11.1 Å². The first-order chi connectivity index (χ1) is 14.8. The number of aromatic nitrogens is 1. The van der Waals surface area contributed by atoms with Crippen LogP contribution in [0, 0.1) is 0 Å². The second-order valence-electron chi connectivity index (χ2n) is 8.18. The van der Waals surface area contributed by atoms with E-state index in [0.29, 0.717) is 5.75 Å². The number of aliphatic hydroxyl groups excluding tert-OH is 1. The maximum Gasteiger partial charge on any atom is 0.408 e. The minimum Gasteiger partial charge on any atom is -0.489 e. The lowest BCUT2D eigenvalue weighted by molar-refractivity contribution is 0.0487. The molecule has 1 atom stereocenters. The number of ether oxygens (including phenoxy) is 2. The van der Waals surface area contributed by atoms with Gasteiger partial charge in [0.2, 0.25) is 0 Å². The van der Waals surface area contributed by atoms with Crippen molar-refractivity contribution in [3.05, 3.63) is 84.2 Å². The van der Waals surface area contributed by atoms with E-state index in [4.69, 9.17) is 9.47 Å². The summed E-state index contributed by atoms with van der Waals surface area (Å²) < 4.78 is 11.4. The molecule has 6 nitrogen and oxygen atoms in total. The van der Waals surface area contributed by atoms with E-state index < -0.39 is 11.7 Å². The molecule has 162 valence electrons. The number of rotatable bonds is 7. The van der Waals surface area contributed by atoms with Gasteiger partial charge in [-0.3, -0.25) is 4.98 Å². The fraction of sp³-hybridized carbons (Fsp3) is 0.280. The minimum atomic E-state index is -0.587. The Labute approximate surface area is 182 Å². The normalized spacial score (nSPS) is 12.1. The minimum absolute atomic E-state index is 0.00715. The van der Waals surface area contributed by atoms with E-state index in [9.17, 15) is 9.90 Å². The fourth-order valence-electron chi connectivity index (χ4n) is 2.99. The zero-order valence-corrected chi connectivity index (χ0v) is 18.0. The Morgan fingerprint density at radius 3 is 2.39 bits per heavy atom. The summed E-state index contributed by atoms with van der Waals surface area (Å²) in [4.78, 5) is 16.6. The molecule has 31 heavy (non-hydrogen) atoms. The Hall–Kier alpha value is -3.38. The topological polar surface area (TPSA) is 80.7 Å². The molecule has 1 unspecified atom stereocenters. The number of nitrogens with zero attached hydrogens (tertiary/aromatic N) is 1. The predicted molar refractivity (Wildman–Crippen MR) is 120 cm³/mol. The summed E-state index contributed by atoms with van der Waals surface area (Å²) in [6, 6.07) is 18.7. The van der Waals surface area contributed by atoms with Gasteiger partial charge in [0.05, 0.1) is 18.8 Å². The molecule has 6 heteroatoms. The Morgan fingerprint density at radius 2 is 1.74 bits per heavy atom. The Morgan fingerprint density at radius 1 is 1.03 bits per heavy atom. The smallest absolute Gasteiger partial charge is 0.408 e. The average Bonchev–Trinajstić information content (AvgIpc) is 2.76. The van der Waals surface area contributed by atoms with Gasteiger partial charge >= 0.3 is 6.09 Å². The highest BCUT2D eigenvalue weighted by Crippen LogP contribution is 2.24. The summed E-state index contributed by atoms with van der Waals surface area (Å²) in [6.07, 6.45) is 2.90. The van der Waals surface area contributed by atoms with Crippen LogP contribution in [0.3, 0.4) is 0 Å². The van der Waals surface area contributed by atoms with Crippen molar-refractivity contribution in [2.24, 2.45) is 0 Å². The Bertz CT molecular complexity index is 982. The second kappa shape index (κ2) is 10.1. The molecule has 2 N–H and O–H groups in total. The molecule has 0 aliphatic rings. The van der Waals surface area contributed by atoms with E-state index in [1.54, 1.807) is 12.4 Å². The third-order valence-electron chi connectivity index (χ3n) is 4.49. The van der Waals surface area contributed by atoms with Gasteiger partial charge in [0.1, 0.15) is 18.0 Å².